The van der Waals surface area contributed by atoms with Crippen LogP contribution in [0.4, 0.5) is 10.1 Å². The molecule has 1 aliphatic rings. The molecule has 2 rings (SSSR count). The molecule has 0 bridgehead atoms. The summed E-state index contributed by atoms with van der Waals surface area (Å²) in [4.78, 5) is 12.2. The predicted octanol–water partition coefficient (Wildman–Crippen LogP) is 1.59. The Bertz CT molecular complexity index is 538. The number of nitrogens with zero attached hydrogens (tertiary/aromatic N) is 3. The van der Waals surface area contributed by atoms with Gasteiger partial charge in [-0.05, 0) is 11.6 Å². The lowest BCUT2D eigenvalue weighted by molar-refractivity contribution is -0.387. The summed E-state index contributed by atoms with van der Waals surface area (Å²) in [6, 6.07) is 5.72. The molecule has 7 heteroatoms. The summed E-state index contributed by atoms with van der Waals surface area (Å²) in [7, 11) is 0. The van der Waals surface area contributed by atoms with Gasteiger partial charge in [0, 0.05) is 38.3 Å². The van der Waals surface area contributed by atoms with Gasteiger partial charge in [0.25, 0.3) is 0 Å². The molecule has 1 saturated heterocycles. The average Bonchev–Trinajstić information content (AvgIpc) is 2.46. The summed E-state index contributed by atoms with van der Waals surface area (Å²) in [6.45, 7) is 3.14. The third-order valence-electron chi connectivity index (χ3n) is 3.43. The topological polar surface area (TPSA) is 82.2 Å². The van der Waals surface area contributed by atoms with E-state index in [2.05, 4.69) is 16.3 Å². The smallest absolute Gasteiger partial charge is 0.305 e. The van der Waals surface area contributed by atoms with E-state index in [1.165, 1.54) is 12.1 Å². The Morgan fingerprint density at radius 2 is 2.20 bits per heavy atom. The lowest BCUT2D eigenvalue weighted by Crippen LogP contribution is -2.45. The number of hydrogen-bond acceptors (Lipinski definition) is 5. The summed E-state index contributed by atoms with van der Waals surface area (Å²) in [5, 5.41) is 23.0. The molecule has 0 radical (unpaired) electrons. The van der Waals surface area contributed by atoms with Crippen LogP contribution in [0, 0.1) is 27.3 Å². The Kier molecular flexibility index (Phi) is 4.61. The third-order valence-corrected chi connectivity index (χ3v) is 3.43. The Balaban J connectivity index is 2.31. The molecule has 20 heavy (non-hydrogen) atoms. The Morgan fingerprint density at radius 3 is 2.80 bits per heavy atom. The zero-order valence-electron chi connectivity index (χ0n) is 10.9. The van der Waals surface area contributed by atoms with Crippen LogP contribution in [-0.2, 0) is 0 Å². The Morgan fingerprint density at radius 1 is 1.50 bits per heavy atom. The van der Waals surface area contributed by atoms with Crippen molar-refractivity contribution in [2.24, 2.45) is 0 Å². The summed E-state index contributed by atoms with van der Waals surface area (Å²) in [5.74, 6) is -0.852. The second-order valence-electron chi connectivity index (χ2n) is 4.63. The molecular formula is C13H15FN4O2. The van der Waals surface area contributed by atoms with E-state index in [0.29, 0.717) is 5.56 Å². The fourth-order valence-electron chi connectivity index (χ4n) is 2.41. The van der Waals surface area contributed by atoms with Gasteiger partial charge in [0.2, 0.25) is 5.82 Å². The first-order valence-corrected chi connectivity index (χ1v) is 6.39. The number of benzene rings is 1. The SMILES string of the molecule is N#CC[C@H](c1ccc(F)c([N+](=O)[O-])c1)N1CCNCC1. The summed E-state index contributed by atoms with van der Waals surface area (Å²) < 4.78 is 13.4. The van der Waals surface area contributed by atoms with E-state index in [-0.39, 0.29) is 12.5 Å². The maximum Gasteiger partial charge on any atom is 0.305 e. The molecule has 1 aromatic rings. The highest BCUT2D eigenvalue weighted by Crippen LogP contribution is 2.28. The molecule has 6 nitrogen and oxygen atoms in total. The van der Waals surface area contributed by atoms with E-state index >= 15 is 0 Å². The standard InChI is InChI=1S/C13H15FN4O2/c14-11-2-1-10(9-13(11)18(19)20)12(3-4-15)17-7-5-16-6-8-17/h1-2,9,12,16H,3,5-8H2/t12-/m1/s1. The first-order valence-electron chi connectivity index (χ1n) is 6.39. The largest absolute Gasteiger partial charge is 0.314 e. The van der Waals surface area contributed by atoms with Crippen LogP contribution >= 0.6 is 0 Å². The van der Waals surface area contributed by atoms with Crippen molar-refractivity contribution in [2.45, 2.75) is 12.5 Å². The minimum Gasteiger partial charge on any atom is -0.314 e. The van der Waals surface area contributed by atoms with Crippen LogP contribution in [-0.4, -0.2) is 36.0 Å². The summed E-state index contributed by atoms with van der Waals surface area (Å²) in [6.07, 6.45) is 0.225. The Hall–Kier alpha value is -2.04. The molecule has 0 saturated carbocycles. The van der Waals surface area contributed by atoms with Crippen molar-refractivity contribution in [2.75, 3.05) is 26.2 Å². The van der Waals surface area contributed by atoms with Gasteiger partial charge in [-0.3, -0.25) is 15.0 Å². The summed E-state index contributed by atoms with van der Waals surface area (Å²) in [5.41, 5.74) is 0.0714. The number of nitro groups is 1. The molecule has 0 amide bonds. The third kappa shape index (κ3) is 3.10. The second-order valence-corrected chi connectivity index (χ2v) is 4.63. The maximum absolute atomic E-state index is 13.4. The fourth-order valence-corrected chi connectivity index (χ4v) is 2.41. The van der Waals surface area contributed by atoms with Crippen molar-refractivity contribution in [1.29, 1.82) is 5.26 Å². The molecule has 0 spiro atoms. The highest BCUT2D eigenvalue weighted by atomic mass is 19.1. The molecule has 0 aromatic heterocycles. The predicted molar refractivity (Wildman–Crippen MR) is 70.5 cm³/mol. The quantitative estimate of drug-likeness (QED) is 0.668. The van der Waals surface area contributed by atoms with Gasteiger partial charge < -0.3 is 5.32 Å². The van der Waals surface area contributed by atoms with Crippen LogP contribution in [0.1, 0.15) is 18.0 Å². The van der Waals surface area contributed by atoms with Gasteiger partial charge >= 0.3 is 5.69 Å². The highest BCUT2D eigenvalue weighted by molar-refractivity contribution is 5.38. The van der Waals surface area contributed by atoms with Gasteiger partial charge in [-0.25, -0.2) is 0 Å². The van der Waals surface area contributed by atoms with E-state index in [1.807, 2.05) is 0 Å². The van der Waals surface area contributed by atoms with E-state index in [1.54, 1.807) is 0 Å². The van der Waals surface area contributed by atoms with Gasteiger partial charge in [-0.15, -0.1) is 0 Å². The van der Waals surface area contributed by atoms with Crippen LogP contribution in [0.5, 0.6) is 0 Å². The molecule has 1 N–H and O–H groups in total. The zero-order valence-corrected chi connectivity index (χ0v) is 10.9. The lowest BCUT2D eigenvalue weighted by atomic mass is 10.0. The molecule has 0 unspecified atom stereocenters. The first-order chi connectivity index (χ1) is 9.63. The molecule has 1 heterocycles. The summed E-state index contributed by atoms with van der Waals surface area (Å²) >= 11 is 0. The second kappa shape index (κ2) is 6.41. The van der Waals surface area contributed by atoms with Crippen molar-refractivity contribution in [3.63, 3.8) is 0 Å². The van der Waals surface area contributed by atoms with Gasteiger partial charge in [-0.1, -0.05) is 6.07 Å². The highest BCUT2D eigenvalue weighted by Gasteiger charge is 2.25. The molecule has 106 valence electrons. The molecule has 1 fully saturated rings. The minimum atomic E-state index is -0.852. The number of nitrogens with one attached hydrogen (secondary N) is 1. The van der Waals surface area contributed by atoms with Crippen molar-refractivity contribution in [3.05, 3.63) is 39.7 Å². The number of nitriles is 1. The molecule has 1 aliphatic heterocycles. The molecule has 1 atom stereocenters. The Labute approximate surface area is 116 Å². The molecule has 1 aromatic carbocycles. The normalized spacial score (nSPS) is 17.4. The van der Waals surface area contributed by atoms with E-state index in [4.69, 9.17) is 5.26 Å². The van der Waals surface area contributed by atoms with Crippen LogP contribution < -0.4 is 5.32 Å². The monoisotopic (exact) mass is 278 g/mol. The van der Waals surface area contributed by atoms with Gasteiger partial charge in [0.1, 0.15) is 0 Å². The van der Waals surface area contributed by atoms with Gasteiger partial charge in [0.05, 0.1) is 17.4 Å². The number of halogens is 1. The average molecular weight is 278 g/mol. The number of nitro benzene ring substituents is 1. The fraction of sp³-hybridized carbons (Fsp3) is 0.462. The molecule has 0 aliphatic carbocycles. The van der Waals surface area contributed by atoms with Crippen molar-refractivity contribution in [1.82, 2.24) is 10.2 Å². The van der Waals surface area contributed by atoms with Crippen LogP contribution in [0.3, 0.4) is 0 Å². The zero-order chi connectivity index (χ0) is 14.5. The van der Waals surface area contributed by atoms with Crippen LogP contribution in [0.15, 0.2) is 18.2 Å². The maximum atomic E-state index is 13.4. The van der Waals surface area contributed by atoms with Crippen molar-refractivity contribution in [3.8, 4) is 6.07 Å². The van der Waals surface area contributed by atoms with E-state index in [9.17, 15) is 14.5 Å². The van der Waals surface area contributed by atoms with Gasteiger partial charge in [0.15, 0.2) is 0 Å². The van der Waals surface area contributed by atoms with Crippen molar-refractivity contribution >= 4 is 5.69 Å². The van der Waals surface area contributed by atoms with Crippen LogP contribution in [0.2, 0.25) is 0 Å². The van der Waals surface area contributed by atoms with E-state index in [0.717, 1.165) is 32.2 Å². The number of rotatable bonds is 4. The lowest BCUT2D eigenvalue weighted by Gasteiger charge is -2.34. The number of piperazine rings is 1. The van der Waals surface area contributed by atoms with Gasteiger partial charge in [-0.2, -0.15) is 9.65 Å². The minimum absolute atomic E-state index is 0.225. The van der Waals surface area contributed by atoms with Crippen LogP contribution in [0.25, 0.3) is 0 Å². The van der Waals surface area contributed by atoms with E-state index < -0.39 is 16.4 Å². The number of hydrogen-bond donors (Lipinski definition) is 1. The van der Waals surface area contributed by atoms with Crippen molar-refractivity contribution < 1.29 is 9.31 Å². The molecular weight excluding hydrogens is 263 g/mol. The first kappa shape index (κ1) is 14.4.